The van der Waals surface area contributed by atoms with E-state index in [4.69, 9.17) is 11.6 Å². The summed E-state index contributed by atoms with van der Waals surface area (Å²) in [7, 11) is 0. The molecule has 0 fully saturated rings. The van der Waals surface area contributed by atoms with Crippen LogP contribution in [0.25, 0.3) is 0 Å². The molecule has 1 aromatic rings. The van der Waals surface area contributed by atoms with Gasteiger partial charge in [-0.15, -0.1) is 11.6 Å². The Hall–Kier alpha value is -0.770. The molecule has 0 unspecified atom stereocenters. The Kier molecular flexibility index (Phi) is 3.97. The molecule has 0 saturated carbocycles. The highest BCUT2D eigenvalue weighted by Crippen LogP contribution is 2.32. The van der Waals surface area contributed by atoms with Crippen LogP contribution >= 0.6 is 11.6 Å². The van der Waals surface area contributed by atoms with Crippen molar-refractivity contribution in [3.63, 3.8) is 0 Å². The van der Waals surface area contributed by atoms with E-state index < -0.39 is 17.6 Å². The minimum atomic E-state index is -4.44. The van der Waals surface area contributed by atoms with E-state index in [9.17, 15) is 17.6 Å². The Labute approximate surface area is 89.9 Å². The zero-order valence-electron chi connectivity index (χ0n) is 7.74. The largest absolute Gasteiger partial charge is 0.416 e. The summed E-state index contributed by atoms with van der Waals surface area (Å²) in [6.07, 6.45) is -3.90. The topological polar surface area (TPSA) is 0 Å². The van der Waals surface area contributed by atoms with Gasteiger partial charge in [-0.05, 0) is 36.6 Å². The fourth-order valence-corrected chi connectivity index (χ4v) is 1.44. The smallest absolute Gasteiger partial charge is 0.207 e. The molecule has 0 aliphatic rings. The van der Waals surface area contributed by atoms with Crippen molar-refractivity contribution < 1.29 is 17.6 Å². The van der Waals surface area contributed by atoms with Gasteiger partial charge in [0.2, 0.25) is 0 Å². The summed E-state index contributed by atoms with van der Waals surface area (Å²) in [4.78, 5) is 0. The van der Waals surface area contributed by atoms with Crippen LogP contribution in [0.4, 0.5) is 17.6 Å². The number of rotatable bonds is 3. The molecule has 1 rings (SSSR count). The van der Waals surface area contributed by atoms with E-state index in [1.54, 1.807) is 0 Å². The van der Waals surface area contributed by atoms with Crippen LogP contribution in [0, 0.1) is 5.82 Å². The first-order valence-corrected chi connectivity index (χ1v) is 4.90. The molecular formula is C10H9ClF4. The summed E-state index contributed by atoms with van der Waals surface area (Å²) in [6, 6.07) is 2.49. The Morgan fingerprint density at radius 1 is 1.20 bits per heavy atom. The highest BCUT2D eigenvalue weighted by molar-refractivity contribution is 6.17. The van der Waals surface area contributed by atoms with E-state index >= 15 is 0 Å². The third-order valence-corrected chi connectivity index (χ3v) is 2.22. The van der Waals surface area contributed by atoms with Crippen molar-refractivity contribution in [2.45, 2.75) is 19.0 Å². The van der Waals surface area contributed by atoms with Crippen molar-refractivity contribution in [2.24, 2.45) is 0 Å². The number of hydrogen-bond acceptors (Lipinski definition) is 0. The van der Waals surface area contributed by atoms with Gasteiger partial charge in [0, 0.05) is 5.88 Å². The lowest BCUT2D eigenvalue weighted by atomic mass is 10.0. The van der Waals surface area contributed by atoms with E-state index in [1.165, 1.54) is 0 Å². The molecule has 1 aromatic carbocycles. The van der Waals surface area contributed by atoms with Gasteiger partial charge in [-0.3, -0.25) is 0 Å². The van der Waals surface area contributed by atoms with Gasteiger partial charge in [-0.2, -0.15) is 13.2 Å². The summed E-state index contributed by atoms with van der Waals surface area (Å²) in [5.41, 5.74) is -0.822. The summed E-state index contributed by atoms with van der Waals surface area (Å²) >= 11 is 5.38. The van der Waals surface area contributed by atoms with Crippen molar-refractivity contribution in [3.05, 3.63) is 35.1 Å². The van der Waals surface area contributed by atoms with E-state index in [2.05, 4.69) is 0 Å². The monoisotopic (exact) mass is 240 g/mol. The molecule has 5 heteroatoms. The minimum Gasteiger partial charge on any atom is -0.207 e. The van der Waals surface area contributed by atoms with E-state index in [1.807, 2.05) is 0 Å². The average Bonchev–Trinajstić information content (AvgIpc) is 2.12. The molecule has 0 heterocycles. The fourth-order valence-electron chi connectivity index (χ4n) is 1.30. The van der Waals surface area contributed by atoms with Crippen LogP contribution in [0.3, 0.4) is 0 Å². The molecule has 0 aliphatic heterocycles. The van der Waals surface area contributed by atoms with Crippen LogP contribution in [0.2, 0.25) is 0 Å². The van der Waals surface area contributed by atoms with Crippen LogP contribution < -0.4 is 0 Å². The molecule has 0 amide bonds. The highest BCUT2D eigenvalue weighted by atomic mass is 35.5. The number of halogens is 5. The van der Waals surface area contributed by atoms with Gasteiger partial charge in [0.15, 0.2) is 0 Å². The first-order valence-electron chi connectivity index (χ1n) is 4.36. The summed E-state index contributed by atoms with van der Waals surface area (Å²) < 4.78 is 50.1. The Bertz CT molecular complexity index is 333. The second-order valence-corrected chi connectivity index (χ2v) is 3.47. The van der Waals surface area contributed by atoms with Gasteiger partial charge < -0.3 is 0 Å². The summed E-state index contributed by atoms with van der Waals surface area (Å²) in [6.45, 7) is 0. The van der Waals surface area contributed by atoms with Crippen LogP contribution in [0.15, 0.2) is 18.2 Å². The predicted octanol–water partition coefficient (Wildman–Crippen LogP) is 4.02. The van der Waals surface area contributed by atoms with Gasteiger partial charge in [0.25, 0.3) is 0 Å². The maximum atomic E-state index is 12.8. The molecule has 0 radical (unpaired) electrons. The molecule has 0 N–H and O–H groups in total. The Balaban J connectivity index is 3.03. The first-order chi connectivity index (χ1) is 6.95. The van der Waals surface area contributed by atoms with E-state index in [0.717, 1.165) is 18.2 Å². The quantitative estimate of drug-likeness (QED) is 0.553. The predicted molar refractivity (Wildman–Crippen MR) is 50.4 cm³/mol. The fraction of sp³-hybridized carbons (Fsp3) is 0.400. The van der Waals surface area contributed by atoms with Crippen molar-refractivity contribution in [1.82, 2.24) is 0 Å². The molecule has 84 valence electrons. The van der Waals surface area contributed by atoms with E-state index in [-0.39, 0.29) is 17.9 Å². The maximum Gasteiger partial charge on any atom is 0.416 e. The van der Waals surface area contributed by atoms with Crippen LogP contribution in [-0.4, -0.2) is 5.88 Å². The maximum absolute atomic E-state index is 12.8. The number of benzene rings is 1. The number of hydrogen-bond donors (Lipinski definition) is 0. The number of alkyl halides is 4. The van der Waals surface area contributed by atoms with Gasteiger partial charge in [-0.25, -0.2) is 4.39 Å². The van der Waals surface area contributed by atoms with Gasteiger partial charge in [-0.1, -0.05) is 0 Å². The molecule has 0 saturated heterocycles. The molecule has 0 aliphatic carbocycles. The van der Waals surface area contributed by atoms with E-state index in [0.29, 0.717) is 6.42 Å². The van der Waals surface area contributed by atoms with Gasteiger partial charge in [0.05, 0.1) is 5.56 Å². The zero-order chi connectivity index (χ0) is 11.5. The molecule has 0 atom stereocenters. The third-order valence-electron chi connectivity index (χ3n) is 1.95. The molecule has 0 bridgehead atoms. The van der Waals surface area contributed by atoms with Gasteiger partial charge in [0.1, 0.15) is 5.82 Å². The lowest BCUT2D eigenvalue weighted by Gasteiger charge is -2.12. The minimum absolute atomic E-state index is 0.0387. The Morgan fingerprint density at radius 2 is 1.87 bits per heavy atom. The second-order valence-electron chi connectivity index (χ2n) is 3.09. The lowest BCUT2D eigenvalue weighted by molar-refractivity contribution is -0.138. The Morgan fingerprint density at radius 3 is 2.40 bits per heavy atom. The standard InChI is InChI=1S/C10H9ClF4/c11-5-1-2-7-6-8(12)3-4-9(7)10(13,14)15/h3-4,6H,1-2,5H2. The molecule has 0 nitrogen and oxygen atoms in total. The van der Waals surface area contributed by atoms with Crippen molar-refractivity contribution >= 4 is 11.6 Å². The van der Waals surface area contributed by atoms with Crippen LogP contribution in [0.5, 0.6) is 0 Å². The zero-order valence-corrected chi connectivity index (χ0v) is 8.50. The summed E-state index contributed by atoms with van der Waals surface area (Å²) in [5, 5.41) is 0. The second kappa shape index (κ2) is 4.84. The highest BCUT2D eigenvalue weighted by Gasteiger charge is 2.32. The lowest BCUT2D eigenvalue weighted by Crippen LogP contribution is -2.09. The van der Waals surface area contributed by atoms with Crippen LogP contribution in [-0.2, 0) is 12.6 Å². The first kappa shape index (κ1) is 12.3. The third kappa shape index (κ3) is 3.38. The molecule has 0 spiro atoms. The normalized spacial score (nSPS) is 11.8. The average molecular weight is 241 g/mol. The molecule has 0 aromatic heterocycles. The van der Waals surface area contributed by atoms with Crippen molar-refractivity contribution in [2.75, 3.05) is 5.88 Å². The molecule has 15 heavy (non-hydrogen) atoms. The molecular weight excluding hydrogens is 232 g/mol. The van der Waals surface area contributed by atoms with Crippen molar-refractivity contribution in [3.8, 4) is 0 Å². The summed E-state index contributed by atoms with van der Waals surface area (Å²) in [5.74, 6) is -0.402. The van der Waals surface area contributed by atoms with Gasteiger partial charge >= 0.3 is 6.18 Å². The number of aryl methyl sites for hydroxylation is 1. The van der Waals surface area contributed by atoms with Crippen molar-refractivity contribution in [1.29, 1.82) is 0 Å². The van der Waals surface area contributed by atoms with Crippen LogP contribution in [0.1, 0.15) is 17.5 Å². The SMILES string of the molecule is Fc1ccc(C(F)(F)F)c(CCCCl)c1.